The Hall–Kier alpha value is -4.26. The summed E-state index contributed by atoms with van der Waals surface area (Å²) in [7, 11) is 0. The van der Waals surface area contributed by atoms with Gasteiger partial charge in [-0.15, -0.1) is 0 Å². The fourth-order valence-corrected chi connectivity index (χ4v) is 4.20. The Kier molecular flexibility index (Phi) is 5.91. The molecule has 34 heavy (non-hydrogen) atoms. The Morgan fingerprint density at radius 3 is 2.21 bits per heavy atom. The Bertz CT molecular complexity index is 1290. The molecule has 1 fully saturated rings. The van der Waals surface area contributed by atoms with Gasteiger partial charge in [0.25, 0.3) is 5.91 Å². The van der Waals surface area contributed by atoms with Crippen LogP contribution in [0.15, 0.2) is 85.3 Å². The second kappa shape index (κ2) is 9.31. The van der Waals surface area contributed by atoms with E-state index in [0.717, 1.165) is 30.0 Å². The molecule has 0 bridgehead atoms. The number of para-hydroxylation sites is 1. The monoisotopic (exact) mass is 451 g/mol. The number of nitrogens with zero attached hydrogens (tertiary/aromatic N) is 5. The second-order valence-corrected chi connectivity index (χ2v) is 8.30. The van der Waals surface area contributed by atoms with E-state index in [9.17, 15) is 9.59 Å². The zero-order chi connectivity index (χ0) is 23.5. The van der Waals surface area contributed by atoms with Crippen LogP contribution in [0.4, 0.5) is 5.69 Å². The number of ketones is 1. The summed E-state index contributed by atoms with van der Waals surface area (Å²) >= 11 is 0. The van der Waals surface area contributed by atoms with E-state index in [4.69, 9.17) is 5.10 Å². The number of hydrogen-bond donors (Lipinski definition) is 0. The lowest BCUT2D eigenvalue weighted by atomic mass is 10.1. The molecule has 5 rings (SSSR count). The maximum absolute atomic E-state index is 13.6. The predicted molar refractivity (Wildman–Crippen MR) is 131 cm³/mol. The van der Waals surface area contributed by atoms with Crippen LogP contribution in [0.2, 0.25) is 0 Å². The van der Waals surface area contributed by atoms with Crippen molar-refractivity contribution in [3.8, 4) is 16.9 Å². The first kappa shape index (κ1) is 21.6. The van der Waals surface area contributed by atoms with Gasteiger partial charge in [0.15, 0.2) is 5.78 Å². The van der Waals surface area contributed by atoms with Crippen molar-refractivity contribution >= 4 is 17.4 Å². The molecule has 0 unspecified atom stereocenters. The van der Waals surface area contributed by atoms with Crippen LogP contribution in [-0.2, 0) is 0 Å². The number of aromatic nitrogens is 3. The fraction of sp³-hybridized carbons (Fsp3) is 0.185. The summed E-state index contributed by atoms with van der Waals surface area (Å²) in [5.41, 5.74) is 4.66. The van der Waals surface area contributed by atoms with Crippen LogP contribution in [0, 0.1) is 0 Å². The summed E-state index contributed by atoms with van der Waals surface area (Å²) in [6, 6.07) is 21.2. The molecule has 170 valence electrons. The maximum Gasteiger partial charge on any atom is 0.257 e. The standard InChI is InChI=1S/C27H25N5O2/c1-20(33)21-9-11-23(12-10-21)30-14-16-31(17-15-30)27(34)25-19-32(24-7-3-2-4-8-24)29-26(25)22-6-5-13-28-18-22/h2-13,18-19H,14-17H2,1H3. The zero-order valence-corrected chi connectivity index (χ0v) is 19.0. The maximum atomic E-state index is 13.6. The lowest BCUT2D eigenvalue weighted by Gasteiger charge is -2.36. The topological polar surface area (TPSA) is 71.3 Å². The number of anilines is 1. The highest BCUT2D eigenvalue weighted by molar-refractivity contribution is 6.00. The van der Waals surface area contributed by atoms with E-state index in [1.165, 1.54) is 0 Å². The molecule has 2 aromatic carbocycles. The molecule has 0 aliphatic carbocycles. The highest BCUT2D eigenvalue weighted by Gasteiger charge is 2.27. The van der Waals surface area contributed by atoms with Crippen LogP contribution in [0.25, 0.3) is 16.9 Å². The summed E-state index contributed by atoms with van der Waals surface area (Å²) in [6.45, 7) is 4.23. The summed E-state index contributed by atoms with van der Waals surface area (Å²) < 4.78 is 1.75. The van der Waals surface area contributed by atoms with Gasteiger partial charge in [-0.25, -0.2) is 4.68 Å². The third-order valence-corrected chi connectivity index (χ3v) is 6.11. The molecule has 0 N–H and O–H groups in total. The lowest BCUT2D eigenvalue weighted by Crippen LogP contribution is -2.48. The molecular formula is C27H25N5O2. The first-order valence-electron chi connectivity index (χ1n) is 11.3. The lowest BCUT2D eigenvalue weighted by molar-refractivity contribution is 0.0747. The molecule has 1 aliphatic rings. The average Bonchev–Trinajstić information content (AvgIpc) is 3.35. The molecule has 1 amide bonds. The number of carbonyl (C=O) groups is 2. The van der Waals surface area contributed by atoms with Gasteiger partial charge >= 0.3 is 0 Å². The molecule has 1 saturated heterocycles. The van der Waals surface area contributed by atoms with Crippen LogP contribution >= 0.6 is 0 Å². The molecular weight excluding hydrogens is 426 g/mol. The second-order valence-electron chi connectivity index (χ2n) is 8.30. The van der Waals surface area contributed by atoms with E-state index < -0.39 is 0 Å². The summed E-state index contributed by atoms with van der Waals surface area (Å²) in [4.78, 5) is 33.5. The number of hydrogen-bond acceptors (Lipinski definition) is 5. The van der Waals surface area contributed by atoms with Gasteiger partial charge in [-0.3, -0.25) is 14.6 Å². The first-order chi connectivity index (χ1) is 16.6. The van der Waals surface area contributed by atoms with Gasteiger partial charge in [-0.2, -0.15) is 5.10 Å². The molecule has 1 aliphatic heterocycles. The first-order valence-corrected chi connectivity index (χ1v) is 11.3. The predicted octanol–water partition coefficient (Wildman–Crippen LogP) is 4.10. The van der Waals surface area contributed by atoms with Crippen LogP contribution in [0.1, 0.15) is 27.6 Å². The van der Waals surface area contributed by atoms with Crippen molar-refractivity contribution in [1.82, 2.24) is 19.7 Å². The summed E-state index contributed by atoms with van der Waals surface area (Å²) in [6.07, 6.45) is 5.26. The largest absolute Gasteiger partial charge is 0.368 e. The molecule has 0 spiro atoms. The molecule has 4 aromatic rings. The van der Waals surface area contributed by atoms with Crippen LogP contribution in [-0.4, -0.2) is 57.5 Å². The number of amides is 1. The fourth-order valence-electron chi connectivity index (χ4n) is 4.20. The normalized spacial score (nSPS) is 13.7. The third kappa shape index (κ3) is 4.32. The Morgan fingerprint density at radius 1 is 0.824 bits per heavy atom. The van der Waals surface area contributed by atoms with Gasteiger partial charge in [0, 0.05) is 61.6 Å². The minimum atomic E-state index is -0.0346. The molecule has 2 aromatic heterocycles. The van der Waals surface area contributed by atoms with Crippen molar-refractivity contribution in [1.29, 1.82) is 0 Å². The minimum absolute atomic E-state index is 0.0346. The smallest absolute Gasteiger partial charge is 0.257 e. The molecule has 3 heterocycles. The third-order valence-electron chi connectivity index (χ3n) is 6.11. The highest BCUT2D eigenvalue weighted by Crippen LogP contribution is 2.25. The van der Waals surface area contributed by atoms with Crippen molar-refractivity contribution in [3.05, 3.63) is 96.4 Å². The van der Waals surface area contributed by atoms with Gasteiger partial charge in [0.2, 0.25) is 0 Å². The number of rotatable bonds is 5. The van der Waals surface area contributed by atoms with Gasteiger partial charge in [0.1, 0.15) is 5.69 Å². The van der Waals surface area contributed by atoms with Gasteiger partial charge in [-0.05, 0) is 55.5 Å². The van der Waals surface area contributed by atoms with Gasteiger partial charge in [0.05, 0.1) is 11.3 Å². The minimum Gasteiger partial charge on any atom is -0.368 e. The Morgan fingerprint density at radius 2 is 1.56 bits per heavy atom. The van der Waals surface area contributed by atoms with Crippen molar-refractivity contribution in [2.75, 3.05) is 31.1 Å². The molecule has 0 atom stereocenters. The van der Waals surface area contributed by atoms with Crippen molar-refractivity contribution in [2.45, 2.75) is 6.92 Å². The van der Waals surface area contributed by atoms with Crippen LogP contribution < -0.4 is 4.90 Å². The number of pyridine rings is 1. The number of benzene rings is 2. The average molecular weight is 452 g/mol. The van der Waals surface area contributed by atoms with Gasteiger partial charge in [-0.1, -0.05) is 18.2 Å². The zero-order valence-electron chi connectivity index (χ0n) is 19.0. The van der Waals surface area contributed by atoms with E-state index in [-0.39, 0.29) is 11.7 Å². The van der Waals surface area contributed by atoms with E-state index >= 15 is 0 Å². The van der Waals surface area contributed by atoms with E-state index in [1.54, 1.807) is 24.0 Å². The molecule has 0 radical (unpaired) electrons. The summed E-state index contributed by atoms with van der Waals surface area (Å²) in [5.74, 6) is 0.0232. The molecule has 0 saturated carbocycles. The number of carbonyl (C=O) groups excluding carboxylic acids is 2. The van der Waals surface area contributed by atoms with Crippen molar-refractivity contribution < 1.29 is 9.59 Å². The SMILES string of the molecule is CC(=O)c1ccc(N2CCN(C(=O)c3cn(-c4ccccc4)nc3-c3cccnc3)CC2)cc1. The quantitative estimate of drug-likeness (QED) is 0.427. The van der Waals surface area contributed by atoms with E-state index in [2.05, 4.69) is 9.88 Å². The van der Waals surface area contributed by atoms with Crippen molar-refractivity contribution in [3.63, 3.8) is 0 Å². The highest BCUT2D eigenvalue weighted by atomic mass is 16.2. The van der Waals surface area contributed by atoms with E-state index in [0.29, 0.717) is 29.9 Å². The molecule has 7 nitrogen and oxygen atoms in total. The van der Waals surface area contributed by atoms with E-state index in [1.807, 2.05) is 77.8 Å². The summed E-state index contributed by atoms with van der Waals surface area (Å²) in [5, 5.41) is 4.74. The molecule has 7 heteroatoms. The number of piperazine rings is 1. The number of Topliss-reactive ketones (excluding diaryl/α,β-unsaturated/α-hetero) is 1. The van der Waals surface area contributed by atoms with Crippen LogP contribution in [0.3, 0.4) is 0 Å². The van der Waals surface area contributed by atoms with Crippen molar-refractivity contribution in [2.24, 2.45) is 0 Å². The Balaban J connectivity index is 1.37. The van der Waals surface area contributed by atoms with Crippen LogP contribution in [0.5, 0.6) is 0 Å². The Labute approximate surface area is 198 Å². The van der Waals surface area contributed by atoms with Gasteiger partial charge < -0.3 is 9.80 Å².